The predicted octanol–water partition coefficient (Wildman–Crippen LogP) is 3.05. The molecule has 2 heterocycles. The van der Waals surface area contributed by atoms with E-state index in [0.717, 1.165) is 19.3 Å². The van der Waals surface area contributed by atoms with Crippen molar-refractivity contribution in [1.82, 2.24) is 9.62 Å². The first-order chi connectivity index (χ1) is 15.5. The summed E-state index contributed by atoms with van der Waals surface area (Å²) in [7, 11) is -3.65. The molecule has 1 atom stereocenters. The maximum atomic E-state index is 13.2. The number of nitrogens with one attached hydrogen (secondary N) is 1. The van der Waals surface area contributed by atoms with E-state index in [0.29, 0.717) is 50.6 Å². The Hall–Kier alpha value is -2.58. The van der Waals surface area contributed by atoms with Crippen LogP contribution in [-0.4, -0.2) is 44.9 Å². The normalized spacial score (nSPS) is 21.6. The van der Waals surface area contributed by atoms with E-state index in [1.54, 1.807) is 18.2 Å². The second-order valence-electron chi connectivity index (χ2n) is 8.64. The van der Waals surface area contributed by atoms with Crippen molar-refractivity contribution in [3.63, 3.8) is 0 Å². The largest absolute Gasteiger partial charge is 0.490 e. The highest BCUT2D eigenvalue weighted by molar-refractivity contribution is 7.89. The fraction of sp³-hybridized carbons (Fsp3) is 0.458. The van der Waals surface area contributed by atoms with Crippen LogP contribution in [0.3, 0.4) is 0 Å². The summed E-state index contributed by atoms with van der Waals surface area (Å²) in [6, 6.07) is 13.1. The molecule has 8 heteroatoms. The van der Waals surface area contributed by atoms with Gasteiger partial charge in [-0.15, -0.1) is 0 Å². The zero-order valence-electron chi connectivity index (χ0n) is 18.0. The molecular formula is C24H28N2O5S. The standard InChI is InChI=1S/C24H28N2O5S/c27-24(25-21-8-6-17-4-1-2-5-20(17)21)18-10-12-26(13-11-18)32(28,29)19-7-9-22-23(16-19)31-15-3-14-30-22/h1-2,4-5,7,9,16,18,21H,3,6,8,10-15H2,(H,25,27). The number of ether oxygens (including phenoxy) is 2. The van der Waals surface area contributed by atoms with Crippen molar-refractivity contribution >= 4 is 15.9 Å². The predicted molar refractivity (Wildman–Crippen MR) is 119 cm³/mol. The van der Waals surface area contributed by atoms with Gasteiger partial charge in [0.2, 0.25) is 15.9 Å². The Morgan fingerprint density at radius 3 is 2.53 bits per heavy atom. The number of fused-ring (bicyclic) bond motifs is 2. The van der Waals surface area contributed by atoms with Crippen LogP contribution in [-0.2, 0) is 21.2 Å². The quantitative estimate of drug-likeness (QED) is 0.764. The number of carbonyl (C=O) groups excluding carboxylic acids is 1. The van der Waals surface area contributed by atoms with E-state index in [-0.39, 0.29) is 22.8 Å². The zero-order chi connectivity index (χ0) is 22.1. The van der Waals surface area contributed by atoms with Crippen molar-refractivity contribution in [3.05, 3.63) is 53.6 Å². The highest BCUT2D eigenvalue weighted by atomic mass is 32.2. The SMILES string of the molecule is O=C(NC1CCc2ccccc21)C1CCN(S(=O)(=O)c2ccc3c(c2)OCCCO3)CC1. The van der Waals surface area contributed by atoms with Gasteiger partial charge in [0.15, 0.2) is 11.5 Å². The molecule has 5 rings (SSSR count). The molecule has 170 valence electrons. The maximum Gasteiger partial charge on any atom is 0.243 e. The van der Waals surface area contributed by atoms with Crippen LogP contribution >= 0.6 is 0 Å². The molecule has 1 N–H and O–H groups in total. The van der Waals surface area contributed by atoms with Gasteiger partial charge in [-0.25, -0.2) is 8.42 Å². The van der Waals surface area contributed by atoms with Gasteiger partial charge in [0.1, 0.15) is 0 Å². The van der Waals surface area contributed by atoms with Crippen LogP contribution in [0.4, 0.5) is 0 Å². The lowest BCUT2D eigenvalue weighted by atomic mass is 9.96. The topological polar surface area (TPSA) is 84.9 Å². The number of nitrogens with zero attached hydrogens (tertiary/aromatic N) is 1. The molecule has 2 aromatic rings. The van der Waals surface area contributed by atoms with Crippen molar-refractivity contribution < 1.29 is 22.7 Å². The van der Waals surface area contributed by atoms with Crippen molar-refractivity contribution in [2.45, 2.75) is 43.0 Å². The molecule has 2 aliphatic heterocycles. The molecule has 0 bridgehead atoms. The van der Waals surface area contributed by atoms with E-state index < -0.39 is 10.0 Å². The number of hydrogen-bond acceptors (Lipinski definition) is 5. The van der Waals surface area contributed by atoms with Crippen molar-refractivity contribution in [2.24, 2.45) is 5.92 Å². The minimum absolute atomic E-state index is 0.0272. The second-order valence-corrected chi connectivity index (χ2v) is 10.6. The molecular weight excluding hydrogens is 428 g/mol. The van der Waals surface area contributed by atoms with Gasteiger partial charge in [-0.1, -0.05) is 24.3 Å². The zero-order valence-corrected chi connectivity index (χ0v) is 18.8. The third kappa shape index (κ3) is 4.09. The van der Waals surface area contributed by atoms with Gasteiger partial charge in [-0.2, -0.15) is 4.31 Å². The van der Waals surface area contributed by atoms with Gasteiger partial charge in [-0.05, 0) is 48.9 Å². The molecule has 0 saturated carbocycles. The van der Waals surface area contributed by atoms with Crippen LogP contribution in [0.2, 0.25) is 0 Å². The number of piperidine rings is 1. The highest BCUT2D eigenvalue weighted by Crippen LogP contribution is 2.34. The molecule has 2 aromatic carbocycles. The van der Waals surface area contributed by atoms with E-state index in [1.807, 2.05) is 12.1 Å². The number of hydrogen-bond donors (Lipinski definition) is 1. The summed E-state index contributed by atoms with van der Waals surface area (Å²) in [6.07, 6.45) is 3.70. The second kappa shape index (κ2) is 8.75. The average Bonchev–Trinajstić information content (AvgIpc) is 3.06. The molecule has 0 spiro atoms. The summed E-state index contributed by atoms with van der Waals surface area (Å²) in [5.74, 6) is 0.900. The van der Waals surface area contributed by atoms with Gasteiger partial charge in [0, 0.05) is 31.5 Å². The number of sulfonamides is 1. The molecule has 7 nitrogen and oxygen atoms in total. The minimum atomic E-state index is -3.65. The first-order valence-electron chi connectivity index (χ1n) is 11.3. The van der Waals surface area contributed by atoms with Gasteiger partial charge >= 0.3 is 0 Å². The number of aryl methyl sites for hydroxylation is 1. The number of amides is 1. The number of benzene rings is 2. The Balaban J connectivity index is 1.22. The van der Waals surface area contributed by atoms with Crippen LogP contribution in [0, 0.1) is 5.92 Å². The molecule has 1 unspecified atom stereocenters. The molecule has 1 saturated heterocycles. The van der Waals surface area contributed by atoms with Crippen LogP contribution in [0.25, 0.3) is 0 Å². The molecule has 0 radical (unpaired) electrons. The van der Waals surface area contributed by atoms with Crippen LogP contribution in [0.5, 0.6) is 11.5 Å². The smallest absolute Gasteiger partial charge is 0.243 e. The van der Waals surface area contributed by atoms with E-state index in [1.165, 1.54) is 15.4 Å². The first kappa shape index (κ1) is 21.3. The molecule has 1 fully saturated rings. The monoisotopic (exact) mass is 456 g/mol. The summed E-state index contributed by atoms with van der Waals surface area (Å²) in [6.45, 7) is 1.72. The first-order valence-corrected chi connectivity index (χ1v) is 12.7. The summed E-state index contributed by atoms with van der Waals surface area (Å²) in [5, 5.41) is 3.19. The molecule has 0 aromatic heterocycles. The van der Waals surface area contributed by atoms with E-state index in [9.17, 15) is 13.2 Å². The van der Waals surface area contributed by atoms with E-state index >= 15 is 0 Å². The van der Waals surface area contributed by atoms with Gasteiger partial charge < -0.3 is 14.8 Å². The van der Waals surface area contributed by atoms with Crippen molar-refractivity contribution in [3.8, 4) is 11.5 Å². The van der Waals surface area contributed by atoms with E-state index in [4.69, 9.17) is 9.47 Å². The Kier molecular flexibility index (Phi) is 5.82. The maximum absolute atomic E-state index is 13.2. The Bertz CT molecular complexity index is 1110. The van der Waals surface area contributed by atoms with Crippen LogP contribution in [0.15, 0.2) is 47.4 Å². The Morgan fingerprint density at radius 2 is 1.72 bits per heavy atom. The van der Waals surface area contributed by atoms with Gasteiger partial charge in [-0.3, -0.25) is 4.79 Å². The molecule has 1 amide bonds. The summed E-state index contributed by atoms with van der Waals surface area (Å²) in [4.78, 5) is 13.1. The number of carbonyl (C=O) groups is 1. The third-order valence-corrected chi connectivity index (χ3v) is 8.53. The minimum Gasteiger partial charge on any atom is -0.490 e. The van der Waals surface area contributed by atoms with Gasteiger partial charge in [0.05, 0.1) is 24.2 Å². The molecule has 32 heavy (non-hydrogen) atoms. The van der Waals surface area contributed by atoms with E-state index in [2.05, 4.69) is 17.4 Å². The van der Waals surface area contributed by atoms with Crippen LogP contribution in [0.1, 0.15) is 42.9 Å². The highest BCUT2D eigenvalue weighted by Gasteiger charge is 2.34. The van der Waals surface area contributed by atoms with Crippen molar-refractivity contribution in [1.29, 1.82) is 0 Å². The molecule has 3 aliphatic rings. The fourth-order valence-corrected chi connectivity index (χ4v) is 6.29. The average molecular weight is 457 g/mol. The fourth-order valence-electron chi connectivity index (χ4n) is 4.81. The lowest BCUT2D eigenvalue weighted by molar-refractivity contribution is -0.126. The Morgan fingerprint density at radius 1 is 0.969 bits per heavy atom. The lowest BCUT2D eigenvalue weighted by Gasteiger charge is -2.31. The summed E-state index contributed by atoms with van der Waals surface area (Å²) >= 11 is 0. The summed E-state index contributed by atoms with van der Waals surface area (Å²) < 4.78 is 39.1. The Labute approximate surface area is 188 Å². The third-order valence-electron chi connectivity index (χ3n) is 6.63. The van der Waals surface area contributed by atoms with Crippen molar-refractivity contribution in [2.75, 3.05) is 26.3 Å². The lowest BCUT2D eigenvalue weighted by Crippen LogP contribution is -2.43. The summed E-state index contributed by atoms with van der Waals surface area (Å²) in [5.41, 5.74) is 2.50. The van der Waals surface area contributed by atoms with Crippen LogP contribution < -0.4 is 14.8 Å². The van der Waals surface area contributed by atoms with Gasteiger partial charge in [0.25, 0.3) is 0 Å². The number of rotatable bonds is 4. The molecule has 1 aliphatic carbocycles.